The lowest BCUT2D eigenvalue weighted by atomic mass is 9.99. The molecule has 0 unspecified atom stereocenters. The Morgan fingerprint density at radius 2 is 0.976 bits per heavy atom. The van der Waals surface area contributed by atoms with Crippen LogP contribution in [0.2, 0.25) is 0 Å². The summed E-state index contributed by atoms with van der Waals surface area (Å²) in [7, 11) is 0. The first-order valence-corrected chi connectivity index (χ1v) is 14.0. The monoisotopic (exact) mass is 524 g/mol. The number of rotatable bonds is 3. The molecule has 0 amide bonds. The highest BCUT2D eigenvalue weighted by Gasteiger charge is 2.19. The maximum Gasteiger partial charge on any atom is 0.213 e. The molecule has 3 nitrogen and oxygen atoms in total. The summed E-state index contributed by atoms with van der Waals surface area (Å²) >= 11 is 0. The highest BCUT2D eigenvalue weighted by atomic mass is 16.3. The molecule has 3 heteroatoms. The van der Waals surface area contributed by atoms with Gasteiger partial charge in [-0.1, -0.05) is 97.1 Å². The summed E-state index contributed by atoms with van der Waals surface area (Å²) in [5, 5.41) is 6.04. The van der Waals surface area contributed by atoms with Crippen LogP contribution in [0.4, 0.5) is 0 Å². The van der Waals surface area contributed by atoms with Crippen molar-refractivity contribution < 1.29 is 4.42 Å². The second-order valence-electron chi connectivity index (χ2n) is 10.6. The maximum absolute atomic E-state index is 6.45. The minimum absolute atomic E-state index is 0.883. The van der Waals surface area contributed by atoms with Gasteiger partial charge in [0.25, 0.3) is 0 Å². The molecule has 3 aromatic heterocycles. The molecule has 0 fully saturated rings. The summed E-state index contributed by atoms with van der Waals surface area (Å²) in [6, 6.07) is 51.7. The van der Waals surface area contributed by atoms with E-state index in [4.69, 9.17) is 4.42 Å². The van der Waals surface area contributed by atoms with Crippen molar-refractivity contribution >= 4 is 54.8 Å². The second-order valence-corrected chi connectivity index (χ2v) is 10.6. The van der Waals surface area contributed by atoms with Crippen LogP contribution in [0.15, 0.2) is 150 Å². The molecule has 6 aromatic carbocycles. The van der Waals surface area contributed by atoms with E-state index in [1.807, 2.05) is 12.1 Å². The number of furan rings is 1. The molecule has 0 aliphatic heterocycles. The Morgan fingerprint density at radius 3 is 1.76 bits per heavy atom. The molecule has 0 N–H and O–H groups in total. The van der Waals surface area contributed by atoms with Gasteiger partial charge in [0.1, 0.15) is 5.58 Å². The van der Waals surface area contributed by atoms with E-state index < -0.39 is 0 Å². The minimum atomic E-state index is 0.883. The molecule has 0 radical (unpaired) electrons. The van der Waals surface area contributed by atoms with Gasteiger partial charge in [0.15, 0.2) is 0 Å². The maximum atomic E-state index is 6.45. The van der Waals surface area contributed by atoms with Gasteiger partial charge in [-0.25, -0.2) is 0 Å². The highest BCUT2D eigenvalue weighted by molar-refractivity contribution is 6.20. The summed E-state index contributed by atoms with van der Waals surface area (Å²) in [5.74, 6) is 0. The zero-order chi connectivity index (χ0) is 26.9. The van der Waals surface area contributed by atoms with Crippen molar-refractivity contribution in [2.75, 3.05) is 0 Å². The summed E-state index contributed by atoms with van der Waals surface area (Å²) in [5.41, 5.74) is 10.0. The van der Waals surface area contributed by atoms with E-state index in [1.165, 1.54) is 49.4 Å². The van der Waals surface area contributed by atoms with E-state index in [9.17, 15) is 0 Å². The van der Waals surface area contributed by atoms with Crippen molar-refractivity contribution in [1.82, 2.24) is 9.13 Å². The summed E-state index contributed by atoms with van der Waals surface area (Å²) in [6.07, 6.45) is 0. The van der Waals surface area contributed by atoms with Crippen molar-refractivity contribution in [3.05, 3.63) is 146 Å². The van der Waals surface area contributed by atoms with E-state index in [1.54, 1.807) is 0 Å². The minimum Gasteiger partial charge on any atom is -0.439 e. The molecule has 0 spiro atoms. The predicted molar refractivity (Wildman–Crippen MR) is 170 cm³/mol. The average molecular weight is 525 g/mol. The van der Waals surface area contributed by atoms with Crippen LogP contribution in [0, 0.1) is 0 Å². The van der Waals surface area contributed by atoms with Crippen molar-refractivity contribution in [2.45, 2.75) is 0 Å². The summed E-state index contributed by atoms with van der Waals surface area (Å²) in [4.78, 5) is 0. The number of fused-ring (bicyclic) bond motifs is 8. The Hall–Kier alpha value is -5.54. The predicted octanol–water partition coefficient (Wildman–Crippen LogP) is 10.3. The van der Waals surface area contributed by atoms with Gasteiger partial charge in [-0.3, -0.25) is 4.57 Å². The van der Waals surface area contributed by atoms with Crippen LogP contribution in [0.25, 0.3) is 77.3 Å². The first kappa shape index (κ1) is 22.3. The fraction of sp³-hybridized carbons (Fsp3) is 0. The number of benzene rings is 6. The summed E-state index contributed by atoms with van der Waals surface area (Å²) < 4.78 is 11.1. The molecule has 192 valence electrons. The molecule has 9 rings (SSSR count). The smallest absolute Gasteiger partial charge is 0.213 e. The number of hydrogen-bond donors (Lipinski definition) is 0. The third-order valence-electron chi connectivity index (χ3n) is 8.34. The van der Waals surface area contributed by atoms with Gasteiger partial charge in [-0.05, 0) is 59.7 Å². The van der Waals surface area contributed by atoms with Crippen LogP contribution in [-0.4, -0.2) is 9.13 Å². The van der Waals surface area contributed by atoms with Crippen LogP contribution in [0.3, 0.4) is 0 Å². The van der Waals surface area contributed by atoms with Gasteiger partial charge in [-0.2, -0.15) is 0 Å². The highest BCUT2D eigenvalue weighted by Crippen LogP contribution is 2.41. The van der Waals surface area contributed by atoms with Crippen LogP contribution in [-0.2, 0) is 0 Å². The Labute approximate surface area is 236 Å². The Balaban J connectivity index is 1.26. The van der Waals surface area contributed by atoms with Crippen molar-refractivity contribution in [1.29, 1.82) is 0 Å². The molecule has 0 saturated carbocycles. The van der Waals surface area contributed by atoms with Crippen LogP contribution in [0.1, 0.15) is 0 Å². The molecular formula is C38H24N2O. The normalized spacial score (nSPS) is 11.9. The number of aromatic nitrogens is 2. The molecule has 0 atom stereocenters. The van der Waals surface area contributed by atoms with Gasteiger partial charge in [-0.15, -0.1) is 0 Å². The molecule has 9 aromatic rings. The van der Waals surface area contributed by atoms with Gasteiger partial charge >= 0.3 is 0 Å². The van der Waals surface area contributed by atoms with E-state index >= 15 is 0 Å². The molecule has 3 heterocycles. The van der Waals surface area contributed by atoms with Crippen molar-refractivity contribution in [3.8, 4) is 22.5 Å². The average Bonchev–Trinajstić information content (AvgIpc) is 3.68. The second kappa shape index (κ2) is 8.48. The van der Waals surface area contributed by atoms with Crippen LogP contribution in [0.5, 0.6) is 0 Å². The van der Waals surface area contributed by atoms with Gasteiger partial charge in [0.05, 0.1) is 21.9 Å². The first-order chi connectivity index (χ1) is 20.4. The van der Waals surface area contributed by atoms with E-state index in [2.05, 4.69) is 143 Å². The lowest BCUT2D eigenvalue weighted by Crippen LogP contribution is -1.94. The zero-order valence-electron chi connectivity index (χ0n) is 22.2. The fourth-order valence-corrected chi connectivity index (χ4v) is 6.60. The Kier molecular flexibility index (Phi) is 4.61. The largest absolute Gasteiger partial charge is 0.439 e. The number of nitrogens with zero attached hydrogens (tertiary/aromatic N) is 2. The molecular weight excluding hydrogens is 500 g/mol. The van der Waals surface area contributed by atoms with Gasteiger partial charge < -0.3 is 8.98 Å². The molecule has 0 saturated heterocycles. The first-order valence-electron chi connectivity index (χ1n) is 14.0. The zero-order valence-corrected chi connectivity index (χ0v) is 22.2. The Bertz CT molecular complexity index is 2400. The third-order valence-corrected chi connectivity index (χ3v) is 8.34. The standard InChI is InChI=1S/C38H24N2O/c1-2-11-26(12-3-1)39-32-17-7-4-13-29(32)36-28(16-10-19-34(36)39)25-21-23-27(24-22-25)40-33-18-8-5-14-30(33)37-31-15-6-9-20-35(31)41-38(37)40/h1-24H. The topological polar surface area (TPSA) is 23.0 Å². The van der Waals surface area contributed by atoms with E-state index in [-0.39, 0.29) is 0 Å². The van der Waals surface area contributed by atoms with Crippen molar-refractivity contribution in [2.24, 2.45) is 0 Å². The summed E-state index contributed by atoms with van der Waals surface area (Å²) in [6.45, 7) is 0. The lowest BCUT2D eigenvalue weighted by Gasteiger charge is -2.10. The van der Waals surface area contributed by atoms with Crippen LogP contribution < -0.4 is 0 Å². The third kappa shape index (κ3) is 3.14. The Morgan fingerprint density at radius 1 is 0.390 bits per heavy atom. The van der Waals surface area contributed by atoms with E-state index in [0.29, 0.717) is 0 Å². The van der Waals surface area contributed by atoms with Crippen molar-refractivity contribution in [3.63, 3.8) is 0 Å². The van der Waals surface area contributed by atoms with Gasteiger partial charge in [0, 0.05) is 32.9 Å². The fourth-order valence-electron chi connectivity index (χ4n) is 6.60. The SMILES string of the molecule is c1ccc(-n2c3ccccc3c3c(-c4ccc(-n5c6ccccc6c6c7ccccc7oc65)cc4)cccc32)cc1. The quantitative estimate of drug-likeness (QED) is 0.225. The molecule has 0 aliphatic rings. The molecule has 0 aliphatic carbocycles. The lowest BCUT2D eigenvalue weighted by molar-refractivity contribution is 0.645. The molecule has 0 bridgehead atoms. The van der Waals surface area contributed by atoms with Crippen LogP contribution >= 0.6 is 0 Å². The number of para-hydroxylation sites is 4. The van der Waals surface area contributed by atoms with Gasteiger partial charge in [0.2, 0.25) is 5.71 Å². The number of hydrogen-bond acceptors (Lipinski definition) is 1. The van der Waals surface area contributed by atoms with E-state index in [0.717, 1.165) is 27.9 Å². The molecule has 41 heavy (non-hydrogen) atoms.